The number of hydrogen-bond donors (Lipinski definition) is 1. The van der Waals surface area contributed by atoms with Gasteiger partial charge in [0.25, 0.3) is 0 Å². The molecule has 0 aromatic carbocycles. The maximum atomic E-state index is 11.3. The van der Waals surface area contributed by atoms with Crippen LogP contribution in [0.25, 0.3) is 0 Å². The molecular formula is C9H17NO3. The van der Waals surface area contributed by atoms with Gasteiger partial charge in [0.2, 0.25) is 0 Å². The molecule has 0 bridgehead atoms. The molecule has 0 aromatic rings. The van der Waals surface area contributed by atoms with E-state index in [0.717, 1.165) is 12.8 Å². The van der Waals surface area contributed by atoms with E-state index in [-0.39, 0.29) is 12.1 Å². The predicted molar refractivity (Wildman–Crippen MR) is 48.2 cm³/mol. The van der Waals surface area contributed by atoms with Crippen LogP contribution < -0.4 is 5.73 Å². The maximum absolute atomic E-state index is 11.3. The fourth-order valence-corrected chi connectivity index (χ4v) is 1.21. The van der Waals surface area contributed by atoms with Gasteiger partial charge in [0.1, 0.15) is 12.1 Å². The quantitative estimate of drug-likeness (QED) is 0.651. The molecule has 1 fully saturated rings. The average molecular weight is 187 g/mol. The van der Waals surface area contributed by atoms with E-state index < -0.39 is 6.04 Å². The van der Waals surface area contributed by atoms with Gasteiger partial charge >= 0.3 is 5.97 Å². The highest BCUT2D eigenvalue weighted by Gasteiger charge is 2.20. The van der Waals surface area contributed by atoms with Gasteiger partial charge in [0.05, 0.1) is 13.2 Å². The maximum Gasteiger partial charge on any atom is 0.323 e. The van der Waals surface area contributed by atoms with Crippen LogP contribution in [0.1, 0.15) is 26.2 Å². The molecule has 1 rings (SSSR count). The number of esters is 1. The van der Waals surface area contributed by atoms with Crippen molar-refractivity contribution >= 4 is 5.97 Å². The molecule has 0 amide bonds. The number of rotatable bonds is 3. The van der Waals surface area contributed by atoms with Crippen LogP contribution in [0.5, 0.6) is 0 Å². The molecule has 4 nitrogen and oxygen atoms in total. The molecule has 76 valence electrons. The molecule has 0 spiro atoms. The first kappa shape index (κ1) is 10.5. The van der Waals surface area contributed by atoms with Crippen molar-refractivity contribution < 1.29 is 14.3 Å². The van der Waals surface area contributed by atoms with E-state index in [9.17, 15) is 4.79 Å². The summed E-state index contributed by atoms with van der Waals surface area (Å²) in [4.78, 5) is 11.3. The Morgan fingerprint density at radius 3 is 2.77 bits per heavy atom. The summed E-state index contributed by atoms with van der Waals surface area (Å²) in [5.41, 5.74) is 5.53. The molecule has 13 heavy (non-hydrogen) atoms. The van der Waals surface area contributed by atoms with Crippen LogP contribution in [0.2, 0.25) is 0 Å². The number of nitrogens with two attached hydrogens (primary N) is 1. The lowest BCUT2D eigenvalue weighted by molar-refractivity contribution is -0.154. The third-order valence-corrected chi connectivity index (χ3v) is 2.19. The summed E-state index contributed by atoms with van der Waals surface area (Å²) in [5, 5.41) is 0. The van der Waals surface area contributed by atoms with E-state index in [2.05, 4.69) is 0 Å². The molecular weight excluding hydrogens is 170 g/mol. The summed E-state index contributed by atoms with van der Waals surface area (Å²) < 4.78 is 10.3. The van der Waals surface area contributed by atoms with Crippen molar-refractivity contribution in [2.24, 2.45) is 5.73 Å². The van der Waals surface area contributed by atoms with Gasteiger partial charge < -0.3 is 15.2 Å². The van der Waals surface area contributed by atoms with E-state index >= 15 is 0 Å². The van der Waals surface area contributed by atoms with Crippen LogP contribution in [-0.4, -0.2) is 31.3 Å². The summed E-state index contributed by atoms with van der Waals surface area (Å²) in [7, 11) is 0. The molecule has 0 aliphatic carbocycles. The van der Waals surface area contributed by atoms with Gasteiger partial charge in [-0.2, -0.15) is 0 Å². The Kier molecular flexibility index (Phi) is 4.18. The molecule has 2 N–H and O–H groups in total. The van der Waals surface area contributed by atoms with E-state index in [1.165, 1.54) is 0 Å². The van der Waals surface area contributed by atoms with Crippen molar-refractivity contribution in [1.29, 1.82) is 0 Å². The largest absolute Gasteiger partial charge is 0.461 e. The molecule has 4 heteroatoms. The summed E-state index contributed by atoms with van der Waals surface area (Å²) in [6.07, 6.45) is 2.23. The van der Waals surface area contributed by atoms with E-state index in [1.54, 1.807) is 0 Å². The summed E-state index contributed by atoms with van der Waals surface area (Å²) in [6.45, 7) is 3.23. The molecule has 1 saturated heterocycles. The number of ether oxygens (including phenoxy) is 2. The molecule has 1 aliphatic rings. The van der Waals surface area contributed by atoms with Crippen molar-refractivity contribution in [2.45, 2.75) is 38.3 Å². The Labute approximate surface area is 78.4 Å². The second-order valence-corrected chi connectivity index (χ2v) is 3.26. The summed E-state index contributed by atoms with van der Waals surface area (Å²) in [5.74, 6) is -0.283. The fraction of sp³-hybridized carbons (Fsp3) is 0.889. The Morgan fingerprint density at radius 2 is 2.23 bits per heavy atom. The Hall–Kier alpha value is -0.610. The van der Waals surface area contributed by atoms with Crippen molar-refractivity contribution in [2.75, 3.05) is 13.2 Å². The Balaban J connectivity index is 2.26. The zero-order chi connectivity index (χ0) is 9.68. The molecule has 0 saturated carbocycles. The van der Waals surface area contributed by atoms with Crippen LogP contribution in [0.3, 0.4) is 0 Å². The van der Waals surface area contributed by atoms with Crippen LogP contribution in [0.15, 0.2) is 0 Å². The minimum Gasteiger partial charge on any atom is -0.461 e. The molecule has 0 radical (unpaired) electrons. The van der Waals surface area contributed by atoms with Gasteiger partial charge in [-0.25, -0.2) is 0 Å². The van der Waals surface area contributed by atoms with E-state index in [1.807, 2.05) is 6.92 Å². The van der Waals surface area contributed by atoms with Gasteiger partial charge in [-0.15, -0.1) is 0 Å². The molecule has 1 atom stereocenters. The standard InChI is InChI=1S/C9H17NO3/c1-2-8(10)9(11)13-7-3-5-12-6-4-7/h7-8H,2-6,10H2,1H3/t8-/m1/s1. The Morgan fingerprint density at radius 1 is 1.62 bits per heavy atom. The fourth-order valence-electron chi connectivity index (χ4n) is 1.21. The minimum atomic E-state index is -0.470. The van der Waals surface area contributed by atoms with Gasteiger partial charge in [0.15, 0.2) is 0 Å². The smallest absolute Gasteiger partial charge is 0.323 e. The van der Waals surface area contributed by atoms with Crippen LogP contribution >= 0.6 is 0 Å². The summed E-state index contributed by atoms with van der Waals surface area (Å²) >= 11 is 0. The molecule has 0 unspecified atom stereocenters. The molecule has 0 aromatic heterocycles. The number of carbonyl (C=O) groups excluding carboxylic acids is 1. The lowest BCUT2D eigenvalue weighted by Crippen LogP contribution is -2.36. The van der Waals surface area contributed by atoms with Gasteiger partial charge in [0, 0.05) is 12.8 Å². The van der Waals surface area contributed by atoms with Gasteiger partial charge in [-0.1, -0.05) is 6.92 Å². The number of carbonyl (C=O) groups is 1. The third kappa shape index (κ3) is 3.32. The van der Waals surface area contributed by atoms with Crippen molar-refractivity contribution in [3.05, 3.63) is 0 Å². The average Bonchev–Trinajstić information content (AvgIpc) is 2.18. The highest BCUT2D eigenvalue weighted by molar-refractivity contribution is 5.75. The van der Waals surface area contributed by atoms with Gasteiger partial charge in [-0.3, -0.25) is 4.79 Å². The first-order chi connectivity index (χ1) is 6.24. The Bertz CT molecular complexity index is 166. The van der Waals surface area contributed by atoms with E-state index in [4.69, 9.17) is 15.2 Å². The molecule has 1 aliphatic heterocycles. The molecule has 1 heterocycles. The van der Waals surface area contributed by atoms with Crippen molar-refractivity contribution in [1.82, 2.24) is 0 Å². The normalized spacial score (nSPS) is 21.1. The zero-order valence-electron chi connectivity index (χ0n) is 7.99. The summed E-state index contributed by atoms with van der Waals surface area (Å²) in [6, 6.07) is -0.470. The second kappa shape index (κ2) is 5.19. The predicted octanol–water partition coefficient (Wildman–Crippen LogP) is 0.446. The third-order valence-electron chi connectivity index (χ3n) is 2.19. The van der Waals surface area contributed by atoms with E-state index in [0.29, 0.717) is 19.6 Å². The van der Waals surface area contributed by atoms with Crippen LogP contribution in [-0.2, 0) is 14.3 Å². The lowest BCUT2D eigenvalue weighted by atomic mass is 10.1. The first-order valence-corrected chi connectivity index (χ1v) is 4.78. The highest BCUT2D eigenvalue weighted by Crippen LogP contribution is 2.11. The van der Waals surface area contributed by atoms with Crippen LogP contribution in [0, 0.1) is 0 Å². The van der Waals surface area contributed by atoms with Crippen molar-refractivity contribution in [3.63, 3.8) is 0 Å². The topological polar surface area (TPSA) is 61.6 Å². The SMILES string of the molecule is CC[C@@H](N)C(=O)OC1CCOCC1. The lowest BCUT2D eigenvalue weighted by Gasteiger charge is -2.23. The number of hydrogen-bond acceptors (Lipinski definition) is 4. The highest BCUT2D eigenvalue weighted by atomic mass is 16.6. The second-order valence-electron chi connectivity index (χ2n) is 3.26. The minimum absolute atomic E-state index is 0.0128. The monoisotopic (exact) mass is 187 g/mol. The van der Waals surface area contributed by atoms with Crippen molar-refractivity contribution in [3.8, 4) is 0 Å². The van der Waals surface area contributed by atoms with Gasteiger partial charge in [-0.05, 0) is 6.42 Å². The first-order valence-electron chi connectivity index (χ1n) is 4.78. The van der Waals surface area contributed by atoms with Crippen LogP contribution in [0.4, 0.5) is 0 Å². The zero-order valence-corrected chi connectivity index (χ0v) is 7.99.